The predicted octanol–water partition coefficient (Wildman–Crippen LogP) is -5.38. The van der Waals surface area contributed by atoms with E-state index in [0.29, 0.717) is 130 Å². The van der Waals surface area contributed by atoms with Crippen LogP contribution < -0.4 is 53.6 Å². The van der Waals surface area contributed by atoms with Crippen LogP contribution in [0.4, 0.5) is 4.79 Å². The number of aromatic amines is 1. The van der Waals surface area contributed by atoms with Crippen LogP contribution in [0.25, 0.3) is 10.9 Å². The first-order chi connectivity index (χ1) is 53.4. The number of aromatic hydroxyl groups is 1. The van der Waals surface area contributed by atoms with E-state index in [1.165, 1.54) is 43.0 Å². The van der Waals surface area contributed by atoms with Crippen LogP contribution in [-0.4, -0.2) is 317 Å². The van der Waals surface area contributed by atoms with E-state index in [1.54, 1.807) is 24.7 Å². The van der Waals surface area contributed by atoms with Gasteiger partial charge in [-0.3, -0.25) is 61.8 Å². The lowest BCUT2D eigenvalue weighted by Crippen LogP contribution is -2.62. The van der Waals surface area contributed by atoms with E-state index < -0.39 is 188 Å². The predicted molar refractivity (Wildman–Crippen MR) is 394 cm³/mol. The number of thioether (sulfide) groups is 1. The fourth-order valence-corrected chi connectivity index (χ4v) is 14.4. The molecule has 111 heavy (non-hydrogen) atoms. The number of nitrogens with one attached hydrogen (secondary N) is 10. The van der Waals surface area contributed by atoms with Gasteiger partial charge in [-0.2, -0.15) is 11.8 Å². The van der Waals surface area contributed by atoms with Crippen molar-refractivity contribution in [2.45, 2.75) is 138 Å². The van der Waals surface area contributed by atoms with Crippen LogP contribution in [-0.2, 0) is 122 Å². The second-order valence-electron chi connectivity index (χ2n) is 26.5. The van der Waals surface area contributed by atoms with Crippen molar-refractivity contribution >= 4 is 104 Å². The summed E-state index contributed by atoms with van der Waals surface area (Å²) in [7, 11) is -2.48. The number of phenolic OH excluding ortho intramolecular Hbond substituents is 1. The number of carbonyl (C=O) groups excluding carboxylic acids is 12. The second kappa shape index (κ2) is 46.9. The lowest BCUT2D eigenvalue weighted by atomic mass is 9.93. The molecular formula is C69H104N16O24S2. The van der Waals surface area contributed by atoms with Gasteiger partial charge in [0.1, 0.15) is 52.7 Å². The van der Waals surface area contributed by atoms with Crippen LogP contribution in [0.2, 0.25) is 0 Å². The molecule has 40 nitrogen and oxygen atoms in total. The summed E-state index contributed by atoms with van der Waals surface area (Å²) < 4.78 is 55.7. The second-order valence-corrected chi connectivity index (χ2v) is 29.1. The van der Waals surface area contributed by atoms with Gasteiger partial charge in [-0.25, -0.2) is 9.48 Å². The van der Waals surface area contributed by atoms with E-state index in [1.807, 2.05) is 0 Å². The van der Waals surface area contributed by atoms with Gasteiger partial charge in [0, 0.05) is 73.7 Å². The minimum Gasteiger partial charge on any atom is -0.508 e. The molecule has 0 saturated carbocycles. The van der Waals surface area contributed by atoms with Crippen molar-refractivity contribution in [3.8, 4) is 5.75 Å². The number of nitrogens with two attached hydrogens (primary N) is 1. The third-order valence-electron chi connectivity index (χ3n) is 18.4. The van der Waals surface area contributed by atoms with Crippen molar-refractivity contribution < 1.29 is 115 Å². The van der Waals surface area contributed by atoms with Crippen LogP contribution in [0, 0.1) is 11.8 Å². The number of primary amides is 1. The average Bonchev–Trinajstić information content (AvgIpc) is 1.59. The van der Waals surface area contributed by atoms with Crippen molar-refractivity contribution in [2.75, 3.05) is 143 Å². The molecule has 1 aromatic carbocycles. The van der Waals surface area contributed by atoms with Crippen LogP contribution >= 0.6 is 11.8 Å². The molecule has 42 heteroatoms. The molecule has 11 atom stereocenters. The van der Waals surface area contributed by atoms with E-state index in [0.717, 1.165) is 9.80 Å². The molecular weight excluding hydrogens is 1500 g/mol. The molecule has 1 unspecified atom stereocenters. The van der Waals surface area contributed by atoms with Crippen LogP contribution in [0.5, 0.6) is 5.75 Å². The summed E-state index contributed by atoms with van der Waals surface area (Å²) in [5, 5.41) is 74.7. The molecule has 0 radical (unpaired) electrons. The van der Waals surface area contributed by atoms with Gasteiger partial charge in [0.05, 0.1) is 166 Å². The zero-order chi connectivity index (χ0) is 80.4. The van der Waals surface area contributed by atoms with Crippen LogP contribution in [0.15, 0.2) is 35.5 Å². The summed E-state index contributed by atoms with van der Waals surface area (Å²) in [6.45, 7) is 7.68. The van der Waals surface area contributed by atoms with E-state index in [4.69, 9.17) is 38.9 Å². The molecule has 1 fully saturated rings. The molecule has 0 aliphatic carbocycles. The Balaban J connectivity index is 0.874. The Hall–Kier alpha value is -8.82. The molecule has 3 aromatic rings. The fourth-order valence-electron chi connectivity index (χ4n) is 12.0. The molecule has 616 valence electrons. The Labute approximate surface area is 646 Å². The molecule has 6 heterocycles. The Morgan fingerprint density at radius 3 is 1.95 bits per heavy atom. The van der Waals surface area contributed by atoms with Crippen molar-refractivity contribution in [2.24, 2.45) is 17.6 Å². The quantitative estimate of drug-likeness (QED) is 0.0186. The van der Waals surface area contributed by atoms with Gasteiger partial charge < -0.3 is 117 Å². The Morgan fingerprint density at radius 1 is 0.721 bits per heavy atom. The Bertz CT molecular complexity index is 3680. The number of unbranched alkanes of at least 4 members (excludes halogenated alkanes) is 1. The highest BCUT2D eigenvalue weighted by molar-refractivity contribution is 7.98. The number of hydrogen-bond acceptors (Lipinski definition) is 27. The highest BCUT2D eigenvalue weighted by Gasteiger charge is 2.45. The number of rotatable bonds is 41. The summed E-state index contributed by atoms with van der Waals surface area (Å²) in [6, 6.07) is -7.65. The molecule has 2 aromatic heterocycles. The molecule has 16 N–H and O–H groups in total. The lowest BCUT2D eigenvalue weighted by molar-refractivity contribution is -0.143. The highest BCUT2D eigenvalue weighted by atomic mass is 32.2. The minimum absolute atomic E-state index is 0.0533. The van der Waals surface area contributed by atoms with E-state index in [9.17, 15) is 78.0 Å². The summed E-state index contributed by atoms with van der Waals surface area (Å²) >= 11 is 1.39. The van der Waals surface area contributed by atoms with Crippen molar-refractivity contribution in [1.29, 1.82) is 0 Å². The number of benzene rings is 1. The van der Waals surface area contributed by atoms with Crippen molar-refractivity contribution in [1.82, 2.24) is 77.6 Å². The number of hydrogen-bond donors (Lipinski definition) is 15. The standard InChI is InChI=1S/C69H104N16O24S2/c1-4-41(2)59-65(98)74-33-55(91)75-50-40-111(102)67-46(32-49(62(95)73-34-56(92)78-59)77-66(99)60(42(3)53(89)38-86)79-64(97)51-31-44(87)37-84(51)68(100)48(76-63(50)96)8-10-54(70)90)45-7-9-52(88)47(61(45)80-67)39-110-30-6-5-13-71-69(101)72-14-16-103-18-20-105-22-24-107-26-28-109-29-27-108-25-23-106-21-19-104-17-15-83-35-43(81-82-83)36-85-57(93)11-12-58(85)94/h7,9,11-12,35,41-42,44,48-51,53,59-60,80,86-89H,4-6,8,10,13-34,36-40H2,1-3H3,(H2,70,90)(H,73,95)(H,74,98)(H,75,91)(H,76,96)(H,77,99)(H,78,92)(H,79,97)(H2,71,72,101)/t41-,42-,44+,48-,49-,50-,51-,53-,59-,60-,111?/m0/s1. The smallest absolute Gasteiger partial charge is 0.314 e. The minimum atomic E-state index is -2.48. The van der Waals surface area contributed by atoms with Gasteiger partial charge in [0.2, 0.25) is 53.2 Å². The first-order valence-corrected chi connectivity index (χ1v) is 39.3. The fraction of sp³-hybridized carbons (Fsp3) is 0.652. The normalized spacial score (nSPS) is 22.0. The summed E-state index contributed by atoms with van der Waals surface area (Å²) in [5.41, 5.74) is 6.54. The zero-order valence-corrected chi connectivity index (χ0v) is 64.0. The number of fused-ring (bicyclic) bond motifs is 5. The van der Waals surface area contributed by atoms with Crippen LogP contribution in [0.3, 0.4) is 0 Å². The molecule has 2 bridgehead atoms. The summed E-state index contributed by atoms with van der Waals surface area (Å²) in [5.74, 6) is -12.1. The van der Waals surface area contributed by atoms with Gasteiger partial charge in [-0.1, -0.05) is 32.4 Å². The number of urea groups is 1. The third kappa shape index (κ3) is 28.7. The van der Waals surface area contributed by atoms with Gasteiger partial charge in [-0.05, 0) is 48.6 Å². The summed E-state index contributed by atoms with van der Waals surface area (Å²) in [4.78, 5) is 168. The number of phenols is 1. The van der Waals surface area contributed by atoms with Crippen LogP contribution in [0.1, 0.15) is 76.1 Å². The zero-order valence-electron chi connectivity index (χ0n) is 62.4. The van der Waals surface area contributed by atoms with Gasteiger partial charge in [0.15, 0.2) is 0 Å². The number of carbonyl (C=O) groups is 12. The number of amides is 13. The van der Waals surface area contributed by atoms with Gasteiger partial charge >= 0.3 is 6.03 Å². The largest absolute Gasteiger partial charge is 0.508 e. The molecule has 4 aliphatic heterocycles. The maximum atomic E-state index is 15.3. The molecule has 4 aliphatic rings. The van der Waals surface area contributed by atoms with Crippen molar-refractivity contribution in [3.05, 3.63) is 47.3 Å². The van der Waals surface area contributed by atoms with Gasteiger partial charge in [-0.15, -0.1) is 5.10 Å². The first-order valence-electron chi connectivity index (χ1n) is 36.8. The van der Waals surface area contributed by atoms with E-state index in [2.05, 4.69) is 63.1 Å². The SMILES string of the molecule is CC[C@H](C)[C@@H]1NC(=O)CNC(=O)[C@@H]2Cc3c([nH]c4c(CSCCCCNC(=O)NCCOCCOCCOCCOCCOCCOCCOCCn5cc(CN6C(=O)C=CC6=O)nn5)c(O)ccc34)S(=O)C[C@H](NC(=O)CNC1=O)C(=O)N[C@@H](CCC(N)=O)C(=O)N1C[C@H](O)C[C@H]1C(=O)N[C@@H]([C@@H](C)[C@@H](O)CO)C(=O)N2. The number of aliphatic hydroxyl groups is 3. The Kier molecular flexibility index (Phi) is 37.7. The third-order valence-corrected chi connectivity index (χ3v) is 20.9. The number of aromatic nitrogens is 4. The Morgan fingerprint density at radius 2 is 1.32 bits per heavy atom. The monoisotopic (exact) mass is 1600 g/mol. The maximum Gasteiger partial charge on any atom is 0.314 e. The maximum absolute atomic E-state index is 15.3. The molecule has 0 spiro atoms. The highest BCUT2D eigenvalue weighted by Crippen LogP contribution is 2.36. The number of aliphatic hydroxyl groups excluding tert-OH is 3. The molecule has 1 saturated heterocycles. The topological polar surface area (TPSA) is 555 Å². The number of H-pyrrole nitrogens is 1. The average molecular weight is 1610 g/mol. The number of nitrogens with zero attached hydrogens (tertiary/aromatic N) is 5. The molecule has 13 amide bonds. The van der Waals surface area contributed by atoms with Gasteiger partial charge in [0.25, 0.3) is 11.8 Å². The molecule has 7 rings (SSSR count). The van der Waals surface area contributed by atoms with E-state index >= 15 is 4.21 Å². The number of imide groups is 1. The van der Waals surface area contributed by atoms with Crippen molar-refractivity contribution in [3.63, 3.8) is 0 Å². The first kappa shape index (κ1) is 89.4. The number of ether oxygens (including phenoxy) is 7. The van der Waals surface area contributed by atoms with E-state index in [-0.39, 0.29) is 70.1 Å². The summed E-state index contributed by atoms with van der Waals surface area (Å²) in [6.07, 6.45) is 0.505. The lowest BCUT2D eigenvalue weighted by Gasteiger charge is -2.33.